The Hall–Kier alpha value is -1.76. The van der Waals surface area contributed by atoms with Gasteiger partial charge in [-0.15, -0.1) is 0 Å². The van der Waals surface area contributed by atoms with E-state index in [0.717, 1.165) is 38.0 Å². The van der Waals surface area contributed by atoms with Crippen LogP contribution in [-0.4, -0.2) is 51.3 Å². The molecule has 6 nitrogen and oxygen atoms in total. The lowest BCUT2D eigenvalue weighted by Crippen LogP contribution is -2.62. The van der Waals surface area contributed by atoms with Gasteiger partial charge >= 0.3 is 0 Å². The molecule has 1 aliphatic heterocycles. The van der Waals surface area contributed by atoms with Gasteiger partial charge in [-0.2, -0.15) is 0 Å². The molecule has 2 aliphatic rings. The number of rotatable bonds is 4. The summed E-state index contributed by atoms with van der Waals surface area (Å²) in [4.78, 5) is 19.1. The van der Waals surface area contributed by atoms with Crippen molar-refractivity contribution in [1.82, 2.24) is 14.3 Å². The number of ether oxygens (including phenoxy) is 1. The second kappa shape index (κ2) is 6.52. The van der Waals surface area contributed by atoms with Gasteiger partial charge in [0.05, 0.1) is 17.9 Å². The van der Waals surface area contributed by atoms with E-state index < -0.39 is 0 Å². The molecule has 2 fully saturated rings. The average Bonchev–Trinajstić information content (AvgIpc) is 2.62. The minimum atomic E-state index is -0.241. The summed E-state index contributed by atoms with van der Waals surface area (Å²) in [6, 6.07) is 7.20. The van der Waals surface area contributed by atoms with Gasteiger partial charge in [-0.25, -0.2) is 4.98 Å². The van der Waals surface area contributed by atoms with Crippen molar-refractivity contribution in [3.05, 3.63) is 46.5 Å². The van der Waals surface area contributed by atoms with E-state index in [1.165, 1.54) is 0 Å². The number of hydrogen-bond donors (Lipinski definition) is 1. The van der Waals surface area contributed by atoms with Crippen LogP contribution in [0.15, 0.2) is 35.3 Å². The number of hydrogen-bond acceptors (Lipinski definition) is 5. The van der Waals surface area contributed by atoms with Gasteiger partial charge in [0.2, 0.25) is 0 Å². The second-order valence-corrected chi connectivity index (χ2v) is 7.22. The number of aliphatic hydroxyl groups excluding tert-OH is 1. The van der Waals surface area contributed by atoms with E-state index in [9.17, 15) is 9.90 Å². The van der Waals surface area contributed by atoms with Gasteiger partial charge in [0.25, 0.3) is 5.56 Å². The molecule has 0 bridgehead atoms. The summed E-state index contributed by atoms with van der Waals surface area (Å²) in [6.07, 6.45) is 4.33. The van der Waals surface area contributed by atoms with Crippen molar-refractivity contribution in [2.24, 2.45) is 5.41 Å². The highest BCUT2D eigenvalue weighted by molar-refractivity contribution is 5.38. The van der Waals surface area contributed by atoms with Crippen LogP contribution in [0.3, 0.4) is 0 Å². The van der Waals surface area contributed by atoms with Crippen LogP contribution in [0.25, 0.3) is 5.65 Å². The summed E-state index contributed by atoms with van der Waals surface area (Å²) in [5, 5.41) is 10.3. The normalized spacial score (nSPS) is 26.0. The van der Waals surface area contributed by atoms with Crippen LogP contribution in [-0.2, 0) is 11.3 Å². The third-order valence-electron chi connectivity index (χ3n) is 5.91. The molecule has 1 saturated heterocycles. The Morgan fingerprint density at radius 1 is 1.36 bits per heavy atom. The van der Waals surface area contributed by atoms with Crippen LogP contribution in [0, 0.1) is 5.41 Å². The number of aliphatic hydroxyl groups is 1. The zero-order valence-electron chi connectivity index (χ0n) is 14.6. The third-order valence-corrected chi connectivity index (χ3v) is 5.91. The molecule has 1 saturated carbocycles. The fourth-order valence-corrected chi connectivity index (χ4v) is 4.36. The molecule has 0 amide bonds. The van der Waals surface area contributed by atoms with Gasteiger partial charge in [0.1, 0.15) is 5.65 Å². The lowest BCUT2D eigenvalue weighted by molar-refractivity contribution is -0.209. The Morgan fingerprint density at radius 2 is 2.16 bits per heavy atom. The van der Waals surface area contributed by atoms with Crippen LogP contribution in [0.4, 0.5) is 0 Å². The molecule has 25 heavy (non-hydrogen) atoms. The fraction of sp³-hybridized carbons (Fsp3) is 0.579. The van der Waals surface area contributed by atoms with Gasteiger partial charge in [-0.3, -0.25) is 14.1 Å². The first kappa shape index (κ1) is 16.7. The molecule has 0 radical (unpaired) electrons. The molecule has 1 N–H and O–H groups in total. The van der Waals surface area contributed by atoms with E-state index in [-0.39, 0.29) is 23.2 Å². The van der Waals surface area contributed by atoms with Crippen LogP contribution in [0.1, 0.15) is 31.9 Å². The highest BCUT2D eigenvalue weighted by atomic mass is 16.5. The molecule has 2 aromatic rings. The maximum atomic E-state index is 12.2. The number of aromatic nitrogens is 2. The van der Waals surface area contributed by atoms with Crippen LogP contribution < -0.4 is 5.56 Å². The maximum Gasteiger partial charge on any atom is 0.258 e. The molecule has 1 aliphatic carbocycles. The highest BCUT2D eigenvalue weighted by Gasteiger charge is 2.55. The first-order valence-corrected chi connectivity index (χ1v) is 9.12. The predicted octanol–water partition coefficient (Wildman–Crippen LogP) is 1.45. The fourth-order valence-electron chi connectivity index (χ4n) is 4.36. The summed E-state index contributed by atoms with van der Waals surface area (Å²) < 4.78 is 7.39. The minimum Gasteiger partial charge on any atom is -0.392 e. The molecular weight excluding hydrogens is 318 g/mol. The first-order valence-electron chi connectivity index (χ1n) is 9.12. The van der Waals surface area contributed by atoms with Crippen LogP contribution in [0.2, 0.25) is 0 Å². The molecule has 3 heterocycles. The molecule has 0 aromatic carbocycles. The van der Waals surface area contributed by atoms with Crippen molar-refractivity contribution in [3.8, 4) is 0 Å². The number of likely N-dealkylation sites (tertiary alicyclic amines) is 1. The van der Waals surface area contributed by atoms with E-state index in [1.54, 1.807) is 16.7 Å². The average molecular weight is 343 g/mol. The zero-order chi connectivity index (χ0) is 17.4. The second-order valence-electron chi connectivity index (χ2n) is 7.22. The van der Waals surface area contributed by atoms with Crippen molar-refractivity contribution < 1.29 is 9.84 Å². The first-order chi connectivity index (χ1) is 12.1. The third kappa shape index (κ3) is 2.88. The van der Waals surface area contributed by atoms with Crippen molar-refractivity contribution in [3.63, 3.8) is 0 Å². The van der Waals surface area contributed by atoms with E-state index in [1.807, 2.05) is 25.1 Å². The lowest BCUT2D eigenvalue weighted by atomic mass is 9.58. The Kier molecular flexibility index (Phi) is 4.35. The predicted molar refractivity (Wildman–Crippen MR) is 94.4 cm³/mol. The Labute approximate surface area is 147 Å². The summed E-state index contributed by atoms with van der Waals surface area (Å²) in [5.41, 5.74) is 1.38. The topological polar surface area (TPSA) is 67.1 Å². The summed E-state index contributed by atoms with van der Waals surface area (Å²) in [5.74, 6) is 0. The quantitative estimate of drug-likeness (QED) is 0.910. The van der Waals surface area contributed by atoms with Gasteiger partial charge in [-0.05, 0) is 45.0 Å². The van der Waals surface area contributed by atoms with Gasteiger partial charge in [0.15, 0.2) is 0 Å². The largest absolute Gasteiger partial charge is 0.392 e. The molecule has 134 valence electrons. The monoisotopic (exact) mass is 343 g/mol. The summed E-state index contributed by atoms with van der Waals surface area (Å²) in [6.45, 7) is 5.18. The van der Waals surface area contributed by atoms with Crippen molar-refractivity contribution in [2.75, 3.05) is 19.7 Å². The number of piperidine rings is 1. The SMILES string of the molecule is CCOC1CC(O)C12CCN(Cc1cc(=O)n3ccccc3n1)CC2. The van der Waals surface area contributed by atoms with E-state index >= 15 is 0 Å². The molecule has 1 spiro atoms. The van der Waals surface area contributed by atoms with E-state index in [0.29, 0.717) is 18.8 Å². The summed E-state index contributed by atoms with van der Waals surface area (Å²) in [7, 11) is 0. The Morgan fingerprint density at radius 3 is 2.88 bits per heavy atom. The van der Waals surface area contributed by atoms with Crippen LogP contribution in [0.5, 0.6) is 0 Å². The number of nitrogens with zero attached hydrogens (tertiary/aromatic N) is 3. The number of pyridine rings is 1. The van der Waals surface area contributed by atoms with Crippen molar-refractivity contribution >= 4 is 5.65 Å². The van der Waals surface area contributed by atoms with Crippen molar-refractivity contribution in [1.29, 1.82) is 0 Å². The molecule has 2 unspecified atom stereocenters. The highest BCUT2D eigenvalue weighted by Crippen LogP contribution is 2.51. The minimum absolute atomic E-state index is 0.0418. The van der Waals surface area contributed by atoms with E-state index in [4.69, 9.17) is 4.74 Å². The van der Waals surface area contributed by atoms with E-state index in [2.05, 4.69) is 9.88 Å². The maximum absolute atomic E-state index is 12.2. The van der Waals surface area contributed by atoms with Gasteiger partial charge in [-0.1, -0.05) is 6.07 Å². The number of fused-ring (bicyclic) bond motifs is 1. The smallest absolute Gasteiger partial charge is 0.258 e. The standard InChI is InChI=1S/C19H25N3O3/c1-2-25-16-12-15(23)19(16)6-9-21(10-7-19)13-14-11-18(24)22-8-4-3-5-17(22)20-14/h3-5,8,11,15-16,23H,2,6-7,9-10,12-13H2,1H3. The molecule has 2 aromatic heterocycles. The zero-order valence-corrected chi connectivity index (χ0v) is 14.6. The van der Waals surface area contributed by atoms with Gasteiger partial charge in [0, 0.05) is 37.3 Å². The molecule has 6 heteroatoms. The van der Waals surface area contributed by atoms with Crippen LogP contribution >= 0.6 is 0 Å². The lowest BCUT2D eigenvalue weighted by Gasteiger charge is -2.56. The Bertz CT molecular complexity index is 809. The Balaban J connectivity index is 1.45. The summed E-state index contributed by atoms with van der Waals surface area (Å²) >= 11 is 0. The molecule has 2 atom stereocenters. The van der Waals surface area contributed by atoms with Gasteiger partial charge < -0.3 is 9.84 Å². The molecule has 4 rings (SSSR count). The van der Waals surface area contributed by atoms with Crippen molar-refractivity contribution in [2.45, 2.75) is 44.9 Å². The molecular formula is C19H25N3O3.